The first-order chi connectivity index (χ1) is 20.2. The predicted molar refractivity (Wildman–Crippen MR) is 149 cm³/mol. The van der Waals surface area contributed by atoms with E-state index in [2.05, 4.69) is 10.3 Å². The SMILES string of the molecule is CCOCc1cc(OC)c(-c2ccc(C[C@H](NC(=O)c3c(F)cccc3F)C(=O)O)c3cc(C#N)cnc23)c(OC)c1. The van der Waals surface area contributed by atoms with Gasteiger partial charge < -0.3 is 24.6 Å². The molecule has 0 fully saturated rings. The number of carboxylic acids is 1. The average Bonchev–Trinajstić information content (AvgIpc) is 2.98. The van der Waals surface area contributed by atoms with E-state index in [4.69, 9.17) is 14.2 Å². The molecule has 1 aromatic heterocycles. The standard InChI is InChI=1S/C31H27F2N3O6/c1-4-42-16-17-11-25(40-2)27(26(12-17)41-3)20-9-8-19(21-10-18(14-34)15-35-29(20)21)13-24(31(38)39)36-30(37)28-22(32)6-5-7-23(28)33/h5-12,15,24H,4,13,16H2,1-3H3,(H,36,37)(H,38,39)/t24-/m0/s1. The number of ether oxygens (including phenoxy) is 3. The third kappa shape index (κ3) is 6.14. The minimum atomic E-state index is -1.56. The van der Waals surface area contributed by atoms with Crippen molar-refractivity contribution < 1.29 is 37.7 Å². The van der Waals surface area contributed by atoms with Crippen molar-refractivity contribution in [2.45, 2.75) is 26.0 Å². The third-order valence-corrected chi connectivity index (χ3v) is 6.59. The van der Waals surface area contributed by atoms with Gasteiger partial charge in [-0.15, -0.1) is 0 Å². The van der Waals surface area contributed by atoms with Crippen LogP contribution in [0.2, 0.25) is 0 Å². The van der Waals surface area contributed by atoms with E-state index < -0.39 is 35.1 Å². The van der Waals surface area contributed by atoms with Crippen molar-refractivity contribution in [2.75, 3.05) is 20.8 Å². The number of aromatic nitrogens is 1. The van der Waals surface area contributed by atoms with Crippen molar-refractivity contribution in [2.24, 2.45) is 0 Å². The summed E-state index contributed by atoms with van der Waals surface area (Å²) >= 11 is 0. The first-order valence-electron chi connectivity index (χ1n) is 12.8. The third-order valence-electron chi connectivity index (χ3n) is 6.59. The highest BCUT2D eigenvalue weighted by atomic mass is 19.1. The van der Waals surface area contributed by atoms with Crippen LogP contribution in [0.1, 0.15) is 34.0 Å². The monoisotopic (exact) mass is 575 g/mol. The van der Waals surface area contributed by atoms with E-state index in [9.17, 15) is 28.7 Å². The van der Waals surface area contributed by atoms with E-state index in [0.717, 1.165) is 23.8 Å². The van der Waals surface area contributed by atoms with Crippen LogP contribution in [-0.4, -0.2) is 48.8 Å². The van der Waals surface area contributed by atoms with Crippen LogP contribution in [0.4, 0.5) is 8.78 Å². The quantitative estimate of drug-likeness (QED) is 0.255. The fourth-order valence-electron chi connectivity index (χ4n) is 4.62. The number of pyridine rings is 1. The lowest BCUT2D eigenvalue weighted by Gasteiger charge is -2.19. The molecule has 1 heterocycles. The Kier molecular flexibility index (Phi) is 9.29. The minimum absolute atomic E-state index is 0.219. The van der Waals surface area contributed by atoms with Gasteiger partial charge in [0.15, 0.2) is 0 Å². The molecule has 0 saturated heterocycles. The zero-order valence-electron chi connectivity index (χ0n) is 23.0. The maximum absolute atomic E-state index is 14.2. The zero-order chi connectivity index (χ0) is 30.4. The van der Waals surface area contributed by atoms with Gasteiger partial charge in [0.25, 0.3) is 5.91 Å². The summed E-state index contributed by atoms with van der Waals surface area (Å²) in [6.07, 6.45) is 1.11. The number of nitrogens with one attached hydrogen (secondary N) is 1. The smallest absolute Gasteiger partial charge is 0.326 e. The molecule has 0 unspecified atom stereocenters. The topological polar surface area (TPSA) is 131 Å². The summed E-state index contributed by atoms with van der Waals surface area (Å²) in [5.41, 5.74) is 2.15. The van der Waals surface area contributed by atoms with E-state index in [1.807, 2.05) is 25.1 Å². The number of amides is 1. The lowest BCUT2D eigenvalue weighted by Crippen LogP contribution is -2.43. The minimum Gasteiger partial charge on any atom is -0.496 e. The van der Waals surface area contributed by atoms with Crippen molar-refractivity contribution in [3.05, 3.63) is 88.6 Å². The lowest BCUT2D eigenvalue weighted by atomic mass is 9.93. The number of methoxy groups -OCH3 is 2. The summed E-state index contributed by atoms with van der Waals surface area (Å²) in [5, 5.41) is 22.1. The normalized spacial score (nSPS) is 11.5. The molecule has 0 saturated carbocycles. The Bertz CT molecular complexity index is 1660. The van der Waals surface area contributed by atoms with E-state index in [0.29, 0.717) is 52.3 Å². The van der Waals surface area contributed by atoms with Gasteiger partial charge in [0, 0.05) is 30.2 Å². The molecule has 42 heavy (non-hydrogen) atoms. The van der Waals surface area contributed by atoms with Gasteiger partial charge in [0.2, 0.25) is 0 Å². The summed E-state index contributed by atoms with van der Waals surface area (Å²) in [7, 11) is 3.03. The van der Waals surface area contributed by atoms with Crippen LogP contribution in [0.25, 0.3) is 22.0 Å². The maximum atomic E-state index is 14.2. The highest BCUT2D eigenvalue weighted by molar-refractivity contribution is 6.00. The molecular formula is C31H27F2N3O6. The van der Waals surface area contributed by atoms with E-state index >= 15 is 0 Å². The number of carbonyl (C=O) groups excluding carboxylic acids is 1. The van der Waals surface area contributed by atoms with E-state index in [1.165, 1.54) is 20.4 Å². The molecule has 0 radical (unpaired) electrons. The number of halogens is 2. The van der Waals surface area contributed by atoms with Crippen LogP contribution in [-0.2, 0) is 22.6 Å². The maximum Gasteiger partial charge on any atom is 0.326 e. The average molecular weight is 576 g/mol. The Morgan fingerprint density at radius 1 is 1.07 bits per heavy atom. The Morgan fingerprint density at radius 2 is 1.74 bits per heavy atom. The van der Waals surface area contributed by atoms with Crippen molar-refractivity contribution in [1.82, 2.24) is 10.3 Å². The summed E-state index contributed by atoms with van der Waals surface area (Å²) < 4.78 is 45.2. The number of nitrogens with zero attached hydrogens (tertiary/aromatic N) is 2. The van der Waals surface area contributed by atoms with Gasteiger partial charge in [-0.05, 0) is 48.4 Å². The Morgan fingerprint density at radius 3 is 2.31 bits per heavy atom. The predicted octanol–water partition coefficient (Wildman–Crippen LogP) is 5.03. The molecule has 216 valence electrons. The summed E-state index contributed by atoms with van der Waals surface area (Å²) in [5.74, 6) is -3.92. The van der Waals surface area contributed by atoms with E-state index in [1.54, 1.807) is 18.2 Å². The molecule has 0 spiro atoms. The molecule has 4 rings (SSSR count). The lowest BCUT2D eigenvalue weighted by molar-refractivity contribution is -0.139. The number of carbonyl (C=O) groups is 2. The van der Waals surface area contributed by atoms with Gasteiger partial charge >= 0.3 is 5.97 Å². The second-order valence-electron chi connectivity index (χ2n) is 9.18. The molecule has 9 nitrogen and oxygen atoms in total. The van der Waals surface area contributed by atoms with Crippen LogP contribution in [0.15, 0.2) is 54.7 Å². The highest BCUT2D eigenvalue weighted by Crippen LogP contribution is 2.43. The fraction of sp³-hybridized carbons (Fsp3) is 0.226. The number of hydrogen-bond acceptors (Lipinski definition) is 7. The van der Waals surface area contributed by atoms with Crippen molar-refractivity contribution in [3.63, 3.8) is 0 Å². The first kappa shape index (κ1) is 29.9. The molecule has 0 aliphatic rings. The van der Waals surface area contributed by atoms with Crippen LogP contribution in [0, 0.1) is 23.0 Å². The van der Waals surface area contributed by atoms with Crippen LogP contribution >= 0.6 is 0 Å². The fourth-order valence-corrected chi connectivity index (χ4v) is 4.62. The number of fused-ring (bicyclic) bond motifs is 1. The summed E-state index contributed by atoms with van der Waals surface area (Å²) in [4.78, 5) is 29.3. The molecule has 0 bridgehead atoms. The van der Waals surface area contributed by atoms with Crippen LogP contribution in [0.3, 0.4) is 0 Å². The number of hydrogen-bond donors (Lipinski definition) is 2. The van der Waals surface area contributed by atoms with Crippen molar-refractivity contribution in [1.29, 1.82) is 5.26 Å². The second-order valence-corrected chi connectivity index (χ2v) is 9.18. The molecule has 11 heteroatoms. The number of rotatable bonds is 11. The second kappa shape index (κ2) is 13.1. The number of nitriles is 1. The van der Waals surface area contributed by atoms with Gasteiger partial charge in [0.1, 0.15) is 40.8 Å². The van der Waals surface area contributed by atoms with Gasteiger partial charge in [-0.3, -0.25) is 9.78 Å². The van der Waals surface area contributed by atoms with Gasteiger partial charge in [-0.25, -0.2) is 13.6 Å². The summed E-state index contributed by atoms with van der Waals surface area (Å²) in [6, 6.07) is 11.9. The number of carboxylic acid groups (broad SMARTS) is 1. The molecule has 1 amide bonds. The molecule has 4 aromatic rings. The highest BCUT2D eigenvalue weighted by Gasteiger charge is 2.27. The van der Waals surface area contributed by atoms with Gasteiger partial charge in [0.05, 0.1) is 37.5 Å². The largest absolute Gasteiger partial charge is 0.496 e. The molecule has 0 aliphatic carbocycles. The summed E-state index contributed by atoms with van der Waals surface area (Å²) in [6.45, 7) is 2.75. The first-order valence-corrected chi connectivity index (χ1v) is 12.8. The Balaban J connectivity index is 1.81. The van der Waals surface area contributed by atoms with Gasteiger partial charge in [-0.2, -0.15) is 5.26 Å². The molecule has 2 N–H and O–H groups in total. The number of aliphatic carboxylic acids is 1. The Hall–Kier alpha value is -5.08. The van der Waals surface area contributed by atoms with E-state index in [-0.39, 0.29) is 12.0 Å². The van der Waals surface area contributed by atoms with Crippen molar-refractivity contribution >= 4 is 22.8 Å². The Labute approximate surface area is 240 Å². The van der Waals surface area contributed by atoms with Crippen LogP contribution < -0.4 is 14.8 Å². The molecule has 0 aliphatic heterocycles. The van der Waals surface area contributed by atoms with Gasteiger partial charge in [-0.1, -0.05) is 18.2 Å². The molecule has 3 aromatic carbocycles. The molecular weight excluding hydrogens is 548 g/mol. The number of benzene rings is 3. The van der Waals surface area contributed by atoms with Crippen LogP contribution in [0.5, 0.6) is 11.5 Å². The molecule has 1 atom stereocenters. The zero-order valence-corrected chi connectivity index (χ0v) is 23.0. The van der Waals surface area contributed by atoms with Crippen molar-refractivity contribution in [3.8, 4) is 28.7 Å².